The van der Waals surface area contributed by atoms with E-state index in [1.54, 1.807) is 0 Å². The summed E-state index contributed by atoms with van der Waals surface area (Å²) in [5.41, 5.74) is 1.71. The molecule has 0 aromatic heterocycles. The van der Waals surface area contributed by atoms with Crippen molar-refractivity contribution >= 4 is 5.69 Å². The summed E-state index contributed by atoms with van der Waals surface area (Å²) in [4.78, 5) is 0. The quantitative estimate of drug-likeness (QED) is 0.874. The molecule has 106 valence electrons. The molecule has 0 bridgehead atoms. The summed E-state index contributed by atoms with van der Waals surface area (Å²) in [6.45, 7) is 2.11. The maximum atomic E-state index is 13.5. The number of aryl methyl sites for hydroxylation is 1. The average molecular weight is 277 g/mol. The summed E-state index contributed by atoms with van der Waals surface area (Å²) in [5.74, 6) is -1.47. The normalized spacial score (nSPS) is 12.2. The van der Waals surface area contributed by atoms with Gasteiger partial charge in [0.05, 0.1) is 5.56 Å². The van der Waals surface area contributed by atoms with E-state index in [1.165, 1.54) is 11.6 Å². The number of nitrogens with one attached hydrogen (secondary N) is 1. The lowest BCUT2D eigenvalue weighted by molar-refractivity contribution is 0.181. The standard InChI is InChI=1S/C16H17F2NO/c1-2-11-6-8-12(9-7-11)19-10-15(20)16-13(17)4-3-5-14(16)18/h3-9,15,19-20H,2,10H2,1H3. The van der Waals surface area contributed by atoms with Gasteiger partial charge in [0.25, 0.3) is 0 Å². The summed E-state index contributed by atoms with van der Waals surface area (Å²) in [5, 5.41) is 12.9. The van der Waals surface area contributed by atoms with Crippen molar-refractivity contribution in [1.82, 2.24) is 0 Å². The van der Waals surface area contributed by atoms with Gasteiger partial charge in [0.15, 0.2) is 0 Å². The monoisotopic (exact) mass is 277 g/mol. The van der Waals surface area contributed by atoms with Gasteiger partial charge in [-0.2, -0.15) is 0 Å². The molecule has 2 aromatic carbocycles. The Labute approximate surface area is 117 Å². The largest absolute Gasteiger partial charge is 0.386 e. The topological polar surface area (TPSA) is 32.3 Å². The Morgan fingerprint density at radius 3 is 2.20 bits per heavy atom. The lowest BCUT2D eigenvalue weighted by atomic mass is 10.1. The van der Waals surface area contributed by atoms with Crippen LogP contribution in [0.3, 0.4) is 0 Å². The molecule has 0 spiro atoms. The summed E-state index contributed by atoms with van der Waals surface area (Å²) in [7, 11) is 0. The van der Waals surface area contributed by atoms with Crippen LogP contribution < -0.4 is 5.32 Å². The Kier molecular flexibility index (Phi) is 4.69. The molecule has 0 heterocycles. The van der Waals surface area contributed by atoms with Crippen LogP contribution in [-0.2, 0) is 6.42 Å². The number of rotatable bonds is 5. The highest BCUT2D eigenvalue weighted by Gasteiger charge is 2.17. The average Bonchev–Trinajstić information content (AvgIpc) is 2.45. The first-order valence-corrected chi connectivity index (χ1v) is 6.56. The predicted octanol–water partition coefficient (Wildman–Crippen LogP) is 3.67. The minimum absolute atomic E-state index is 0.0450. The summed E-state index contributed by atoms with van der Waals surface area (Å²) < 4.78 is 27.0. The molecule has 2 N–H and O–H groups in total. The first-order chi connectivity index (χ1) is 9.61. The molecule has 4 heteroatoms. The van der Waals surface area contributed by atoms with E-state index < -0.39 is 17.7 Å². The molecule has 2 rings (SSSR count). The van der Waals surface area contributed by atoms with Crippen molar-refractivity contribution in [3.63, 3.8) is 0 Å². The number of benzene rings is 2. The fourth-order valence-electron chi connectivity index (χ4n) is 2.00. The predicted molar refractivity (Wildman–Crippen MR) is 75.6 cm³/mol. The fraction of sp³-hybridized carbons (Fsp3) is 0.250. The van der Waals surface area contributed by atoms with E-state index in [1.807, 2.05) is 24.3 Å². The zero-order valence-electron chi connectivity index (χ0n) is 11.2. The van der Waals surface area contributed by atoms with Gasteiger partial charge in [-0.25, -0.2) is 8.78 Å². The van der Waals surface area contributed by atoms with Crippen molar-refractivity contribution in [2.75, 3.05) is 11.9 Å². The summed E-state index contributed by atoms with van der Waals surface area (Å²) in [6, 6.07) is 11.2. The second-order valence-corrected chi connectivity index (χ2v) is 4.58. The highest BCUT2D eigenvalue weighted by molar-refractivity contribution is 5.45. The van der Waals surface area contributed by atoms with Crippen molar-refractivity contribution in [1.29, 1.82) is 0 Å². The van der Waals surface area contributed by atoms with Crippen molar-refractivity contribution in [3.05, 3.63) is 65.2 Å². The second-order valence-electron chi connectivity index (χ2n) is 4.58. The van der Waals surface area contributed by atoms with E-state index in [9.17, 15) is 13.9 Å². The maximum absolute atomic E-state index is 13.5. The Hall–Kier alpha value is -1.94. The molecule has 1 unspecified atom stereocenters. The molecule has 0 radical (unpaired) electrons. The van der Waals surface area contributed by atoms with Crippen molar-refractivity contribution < 1.29 is 13.9 Å². The van der Waals surface area contributed by atoms with Gasteiger partial charge in [-0.3, -0.25) is 0 Å². The molecule has 0 saturated heterocycles. The molecule has 0 saturated carbocycles. The zero-order valence-corrected chi connectivity index (χ0v) is 11.2. The van der Waals surface area contributed by atoms with Crippen molar-refractivity contribution in [3.8, 4) is 0 Å². The van der Waals surface area contributed by atoms with Gasteiger partial charge in [-0.1, -0.05) is 25.1 Å². The van der Waals surface area contributed by atoms with Crippen LogP contribution in [0.5, 0.6) is 0 Å². The van der Waals surface area contributed by atoms with Crippen molar-refractivity contribution in [2.24, 2.45) is 0 Å². The molecule has 0 aliphatic rings. The van der Waals surface area contributed by atoms with Crippen LogP contribution >= 0.6 is 0 Å². The van der Waals surface area contributed by atoms with Crippen molar-refractivity contribution in [2.45, 2.75) is 19.4 Å². The second kappa shape index (κ2) is 6.48. The van der Waals surface area contributed by atoms with E-state index in [0.717, 1.165) is 24.2 Å². The lowest BCUT2D eigenvalue weighted by Crippen LogP contribution is -2.15. The van der Waals surface area contributed by atoms with Crippen LogP contribution in [0.25, 0.3) is 0 Å². The molecular weight excluding hydrogens is 260 g/mol. The number of hydrogen-bond donors (Lipinski definition) is 2. The number of aliphatic hydroxyl groups is 1. The molecule has 0 amide bonds. The first-order valence-electron chi connectivity index (χ1n) is 6.56. The van der Waals surface area contributed by atoms with Gasteiger partial charge < -0.3 is 10.4 Å². The zero-order chi connectivity index (χ0) is 14.5. The fourth-order valence-corrected chi connectivity index (χ4v) is 2.00. The van der Waals surface area contributed by atoms with Gasteiger partial charge in [0, 0.05) is 12.2 Å². The van der Waals surface area contributed by atoms with Crippen LogP contribution in [0.15, 0.2) is 42.5 Å². The smallest absolute Gasteiger partial charge is 0.132 e. The highest BCUT2D eigenvalue weighted by Crippen LogP contribution is 2.21. The molecule has 20 heavy (non-hydrogen) atoms. The van der Waals surface area contributed by atoms with E-state index in [2.05, 4.69) is 12.2 Å². The third-order valence-electron chi connectivity index (χ3n) is 3.19. The van der Waals surface area contributed by atoms with E-state index in [-0.39, 0.29) is 12.1 Å². The lowest BCUT2D eigenvalue weighted by Gasteiger charge is -2.14. The van der Waals surface area contributed by atoms with E-state index in [4.69, 9.17) is 0 Å². The minimum atomic E-state index is -1.23. The van der Waals surface area contributed by atoms with E-state index >= 15 is 0 Å². The minimum Gasteiger partial charge on any atom is -0.386 e. The number of aliphatic hydroxyl groups excluding tert-OH is 1. The molecule has 2 nitrogen and oxygen atoms in total. The highest BCUT2D eigenvalue weighted by atomic mass is 19.1. The van der Waals surface area contributed by atoms with Gasteiger partial charge >= 0.3 is 0 Å². The summed E-state index contributed by atoms with van der Waals surface area (Å²) >= 11 is 0. The van der Waals surface area contributed by atoms with Crippen LogP contribution in [0, 0.1) is 11.6 Å². The van der Waals surface area contributed by atoms with Crippen LogP contribution in [0.2, 0.25) is 0 Å². The van der Waals surface area contributed by atoms with E-state index in [0.29, 0.717) is 0 Å². The molecule has 0 fully saturated rings. The Balaban J connectivity index is 2.02. The van der Waals surface area contributed by atoms with Gasteiger partial charge in [0.2, 0.25) is 0 Å². The SMILES string of the molecule is CCc1ccc(NCC(O)c2c(F)cccc2F)cc1. The van der Waals surface area contributed by atoms with Gasteiger partial charge in [0.1, 0.15) is 17.7 Å². The van der Waals surface area contributed by atoms with Gasteiger partial charge in [-0.15, -0.1) is 0 Å². The third-order valence-corrected chi connectivity index (χ3v) is 3.19. The molecule has 2 aromatic rings. The molecule has 1 atom stereocenters. The molecule has 0 aliphatic carbocycles. The maximum Gasteiger partial charge on any atom is 0.132 e. The summed E-state index contributed by atoms with van der Waals surface area (Å²) in [6.07, 6.45) is -0.286. The van der Waals surface area contributed by atoms with Crippen LogP contribution in [-0.4, -0.2) is 11.7 Å². The van der Waals surface area contributed by atoms with Crippen LogP contribution in [0.4, 0.5) is 14.5 Å². The molecular formula is C16H17F2NO. The Morgan fingerprint density at radius 1 is 1.05 bits per heavy atom. The number of hydrogen-bond acceptors (Lipinski definition) is 2. The Morgan fingerprint density at radius 2 is 1.65 bits per heavy atom. The number of halogens is 2. The van der Waals surface area contributed by atoms with Gasteiger partial charge in [-0.05, 0) is 36.2 Å². The Bertz CT molecular complexity index is 549. The molecule has 0 aliphatic heterocycles. The first kappa shape index (κ1) is 14.5. The third kappa shape index (κ3) is 3.33. The number of anilines is 1. The van der Waals surface area contributed by atoms with Crippen LogP contribution in [0.1, 0.15) is 24.2 Å².